The zero-order chi connectivity index (χ0) is 9.14. The molecule has 0 saturated carbocycles. The van der Waals surface area contributed by atoms with Gasteiger partial charge >= 0.3 is 0 Å². The molecule has 0 spiro atoms. The van der Waals surface area contributed by atoms with Crippen LogP contribution in [0.3, 0.4) is 0 Å². The van der Waals surface area contributed by atoms with Crippen LogP contribution >= 0.6 is 0 Å². The van der Waals surface area contributed by atoms with Gasteiger partial charge in [0.2, 0.25) is 6.29 Å². The number of hydrogen-bond donors (Lipinski definition) is 3. The van der Waals surface area contributed by atoms with Crippen molar-refractivity contribution in [1.29, 1.82) is 0 Å². The summed E-state index contributed by atoms with van der Waals surface area (Å²) < 4.78 is 4.89. The summed E-state index contributed by atoms with van der Waals surface area (Å²) >= 11 is 0. The van der Waals surface area contributed by atoms with Crippen LogP contribution in [0, 0.1) is 0 Å². The minimum absolute atomic E-state index is 0.0649. The van der Waals surface area contributed by atoms with Crippen LogP contribution in [-0.4, -0.2) is 52.6 Å². The maximum atomic E-state index is 9.95. The molecular formula is C7H11O5. The van der Waals surface area contributed by atoms with Crippen molar-refractivity contribution in [3.8, 4) is 0 Å². The van der Waals surface area contributed by atoms with Gasteiger partial charge in [-0.1, -0.05) is 0 Å². The lowest BCUT2D eigenvalue weighted by molar-refractivity contribution is -0.184. The first-order chi connectivity index (χ1) is 5.66. The molecule has 4 atom stereocenters. The molecular weight excluding hydrogens is 164 g/mol. The highest BCUT2D eigenvalue weighted by Crippen LogP contribution is 2.16. The van der Waals surface area contributed by atoms with E-state index in [1.807, 2.05) is 0 Å². The van der Waals surface area contributed by atoms with Crippen molar-refractivity contribution in [3.63, 3.8) is 0 Å². The first-order valence-corrected chi connectivity index (χ1v) is 3.67. The van der Waals surface area contributed by atoms with Gasteiger partial charge in [-0.05, 0) is 0 Å². The third-order valence-electron chi connectivity index (χ3n) is 1.89. The predicted molar refractivity (Wildman–Crippen MR) is 38.1 cm³/mol. The fourth-order valence-electron chi connectivity index (χ4n) is 1.13. The molecule has 1 fully saturated rings. The Bertz CT molecular complexity index is 160. The molecule has 3 N–H and O–H groups in total. The van der Waals surface area contributed by atoms with E-state index in [1.165, 1.54) is 0 Å². The van der Waals surface area contributed by atoms with E-state index in [-0.39, 0.29) is 13.0 Å². The number of carbonyl (C=O) groups excluding carboxylic acids is 1. The van der Waals surface area contributed by atoms with E-state index in [1.54, 1.807) is 6.29 Å². The van der Waals surface area contributed by atoms with Crippen LogP contribution in [0.4, 0.5) is 0 Å². The molecule has 5 heteroatoms. The van der Waals surface area contributed by atoms with Gasteiger partial charge in [0.05, 0.1) is 12.7 Å². The van der Waals surface area contributed by atoms with Crippen LogP contribution in [0.1, 0.15) is 6.42 Å². The van der Waals surface area contributed by atoms with E-state index < -0.39 is 24.4 Å². The van der Waals surface area contributed by atoms with E-state index in [0.717, 1.165) is 0 Å². The van der Waals surface area contributed by atoms with Crippen LogP contribution in [0.25, 0.3) is 0 Å². The van der Waals surface area contributed by atoms with Gasteiger partial charge in [0, 0.05) is 6.42 Å². The first-order valence-electron chi connectivity index (χ1n) is 3.67. The second-order valence-corrected chi connectivity index (χ2v) is 2.77. The highest BCUT2D eigenvalue weighted by atomic mass is 16.5. The van der Waals surface area contributed by atoms with Crippen LogP contribution < -0.4 is 0 Å². The Balaban J connectivity index is 2.52. The molecule has 1 aliphatic rings. The topological polar surface area (TPSA) is 87.0 Å². The first kappa shape index (κ1) is 9.60. The fourth-order valence-corrected chi connectivity index (χ4v) is 1.13. The number of aliphatic hydroxyl groups excluding tert-OH is 3. The van der Waals surface area contributed by atoms with Crippen LogP contribution in [0.5, 0.6) is 0 Å². The summed E-state index contributed by atoms with van der Waals surface area (Å²) in [4.78, 5) is 9.95. The standard InChI is InChI=1S/C7H11O5/c8-2-1-5-7(11)6(10)4(9)3-12-5/h4-7,9-11H,1,3H2/t4-,5+,6+,7+/m1/s1. The Kier molecular flexibility index (Phi) is 3.16. The Morgan fingerprint density at radius 2 is 2.00 bits per heavy atom. The van der Waals surface area contributed by atoms with E-state index in [0.29, 0.717) is 0 Å². The summed E-state index contributed by atoms with van der Waals surface area (Å²) in [5.74, 6) is 0. The van der Waals surface area contributed by atoms with E-state index in [9.17, 15) is 9.90 Å². The monoisotopic (exact) mass is 175 g/mol. The number of hydrogen-bond acceptors (Lipinski definition) is 5. The Morgan fingerprint density at radius 1 is 1.33 bits per heavy atom. The molecule has 1 heterocycles. The average molecular weight is 175 g/mol. The number of ether oxygens (including phenoxy) is 1. The van der Waals surface area contributed by atoms with Crippen molar-refractivity contribution >= 4 is 6.29 Å². The van der Waals surface area contributed by atoms with E-state index in [2.05, 4.69) is 0 Å². The predicted octanol–water partition coefficient (Wildman–Crippen LogP) is -2.03. The molecule has 0 aliphatic carbocycles. The molecule has 0 amide bonds. The van der Waals surface area contributed by atoms with Crippen molar-refractivity contribution in [3.05, 3.63) is 0 Å². The lowest BCUT2D eigenvalue weighted by atomic mass is 9.98. The molecule has 1 radical (unpaired) electrons. The Labute approximate surface area is 69.6 Å². The van der Waals surface area contributed by atoms with Gasteiger partial charge in [-0.3, -0.25) is 4.79 Å². The third-order valence-corrected chi connectivity index (χ3v) is 1.89. The van der Waals surface area contributed by atoms with Crippen molar-refractivity contribution in [1.82, 2.24) is 0 Å². The van der Waals surface area contributed by atoms with Crippen LogP contribution in [-0.2, 0) is 9.53 Å². The summed E-state index contributed by atoms with van der Waals surface area (Å²) in [5, 5.41) is 27.4. The largest absolute Gasteiger partial charge is 0.388 e. The van der Waals surface area contributed by atoms with Gasteiger partial charge < -0.3 is 20.1 Å². The Hall–Kier alpha value is -0.490. The van der Waals surface area contributed by atoms with Crippen molar-refractivity contribution in [2.75, 3.05) is 6.61 Å². The van der Waals surface area contributed by atoms with Crippen LogP contribution in [0.15, 0.2) is 0 Å². The lowest BCUT2D eigenvalue weighted by Crippen LogP contribution is -2.52. The normalized spacial score (nSPS) is 42.6. The molecule has 12 heavy (non-hydrogen) atoms. The van der Waals surface area contributed by atoms with Gasteiger partial charge in [-0.2, -0.15) is 0 Å². The summed E-state index contributed by atoms with van der Waals surface area (Å²) in [6.07, 6.45) is -2.80. The second-order valence-electron chi connectivity index (χ2n) is 2.77. The number of aliphatic hydroxyl groups is 3. The van der Waals surface area contributed by atoms with Gasteiger partial charge in [0.15, 0.2) is 0 Å². The molecule has 1 rings (SSSR count). The molecule has 0 unspecified atom stereocenters. The minimum Gasteiger partial charge on any atom is -0.388 e. The van der Waals surface area contributed by atoms with Crippen molar-refractivity contribution in [2.45, 2.75) is 30.8 Å². The maximum absolute atomic E-state index is 9.95. The van der Waals surface area contributed by atoms with E-state index >= 15 is 0 Å². The average Bonchev–Trinajstić information content (AvgIpc) is 2.07. The quantitative estimate of drug-likeness (QED) is 0.450. The smallest absolute Gasteiger partial charge is 0.201 e. The molecule has 0 aromatic rings. The molecule has 1 aliphatic heterocycles. The van der Waals surface area contributed by atoms with Gasteiger partial charge in [0.25, 0.3) is 0 Å². The lowest BCUT2D eigenvalue weighted by Gasteiger charge is -2.34. The Morgan fingerprint density at radius 3 is 2.58 bits per heavy atom. The SMILES string of the molecule is O=[C]C[C@@H]1OC[C@@H](O)[C@H](O)[C@H]1O. The van der Waals surface area contributed by atoms with Crippen molar-refractivity contribution in [2.24, 2.45) is 0 Å². The number of rotatable bonds is 2. The second kappa shape index (κ2) is 3.95. The highest BCUT2D eigenvalue weighted by Gasteiger charge is 2.37. The molecule has 0 aromatic carbocycles. The van der Waals surface area contributed by atoms with Gasteiger partial charge in [-0.25, -0.2) is 0 Å². The zero-order valence-corrected chi connectivity index (χ0v) is 6.38. The molecule has 69 valence electrons. The molecule has 5 nitrogen and oxygen atoms in total. The highest BCUT2D eigenvalue weighted by molar-refractivity contribution is 5.51. The van der Waals surface area contributed by atoms with Gasteiger partial charge in [-0.15, -0.1) is 0 Å². The summed E-state index contributed by atoms with van der Waals surface area (Å²) in [6, 6.07) is 0. The molecule has 1 saturated heterocycles. The van der Waals surface area contributed by atoms with Crippen LogP contribution in [0.2, 0.25) is 0 Å². The molecule has 0 aromatic heterocycles. The summed E-state index contributed by atoms with van der Waals surface area (Å²) in [7, 11) is 0. The van der Waals surface area contributed by atoms with E-state index in [4.69, 9.17) is 14.9 Å². The zero-order valence-electron chi connectivity index (χ0n) is 6.38. The third kappa shape index (κ3) is 1.81. The molecule has 0 bridgehead atoms. The van der Waals surface area contributed by atoms with Gasteiger partial charge in [0.1, 0.15) is 18.3 Å². The fraction of sp³-hybridized carbons (Fsp3) is 0.857. The summed E-state index contributed by atoms with van der Waals surface area (Å²) in [6.45, 7) is -0.0649. The maximum Gasteiger partial charge on any atom is 0.201 e. The summed E-state index contributed by atoms with van der Waals surface area (Å²) in [5.41, 5.74) is 0. The van der Waals surface area contributed by atoms with Crippen molar-refractivity contribution < 1.29 is 24.9 Å². The minimum atomic E-state index is -1.24.